The number of carbonyl (C=O) groups excluding carboxylic acids is 1. The van der Waals surface area contributed by atoms with Crippen molar-refractivity contribution in [1.29, 1.82) is 0 Å². The Hall–Kier alpha value is -3.03. The normalized spacial score (nSPS) is 14.4. The highest BCUT2D eigenvalue weighted by Crippen LogP contribution is 2.27. The molecule has 1 fully saturated rings. The lowest BCUT2D eigenvalue weighted by Gasteiger charge is -2.34. The van der Waals surface area contributed by atoms with Crippen molar-refractivity contribution < 1.29 is 19.0 Å². The van der Waals surface area contributed by atoms with Gasteiger partial charge in [0.05, 0.1) is 6.33 Å². The number of carbonyl (C=O) groups is 1. The molecule has 2 heterocycles. The van der Waals surface area contributed by atoms with Crippen molar-refractivity contribution in [3.63, 3.8) is 0 Å². The summed E-state index contributed by atoms with van der Waals surface area (Å²) in [7, 11) is 1.84. The third-order valence-corrected chi connectivity index (χ3v) is 6.09. The monoisotopic (exact) mass is 451 g/mol. The standard InChI is InChI=1S/C26H30FN3O3/c1-29-17-25(28-18-29)26(32)30(22-10-13-33-14-11-22)16-20-6-9-24(27)23(15-20)21-7-4-19(5-8-21)3-2-12-31/h4-9,15,17-18,22,31H,2-3,10-14,16H2,1H3. The molecule has 0 bridgehead atoms. The number of hydrogen-bond acceptors (Lipinski definition) is 4. The molecule has 1 aliphatic heterocycles. The zero-order valence-corrected chi connectivity index (χ0v) is 18.9. The van der Waals surface area contributed by atoms with Gasteiger partial charge in [-0.3, -0.25) is 4.79 Å². The lowest BCUT2D eigenvalue weighted by Crippen LogP contribution is -2.43. The molecule has 0 aliphatic carbocycles. The van der Waals surface area contributed by atoms with Crippen LogP contribution in [0, 0.1) is 5.82 Å². The van der Waals surface area contributed by atoms with Crippen LogP contribution < -0.4 is 0 Å². The third-order valence-electron chi connectivity index (χ3n) is 6.09. The molecule has 0 atom stereocenters. The van der Waals surface area contributed by atoms with Gasteiger partial charge in [0.1, 0.15) is 11.5 Å². The fraction of sp³-hybridized carbons (Fsp3) is 0.385. The zero-order chi connectivity index (χ0) is 23.2. The van der Waals surface area contributed by atoms with Crippen molar-refractivity contribution in [2.75, 3.05) is 19.8 Å². The van der Waals surface area contributed by atoms with Gasteiger partial charge in [-0.15, -0.1) is 0 Å². The Morgan fingerprint density at radius 2 is 1.91 bits per heavy atom. The van der Waals surface area contributed by atoms with Crippen molar-refractivity contribution in [2.24, 2.45) is 7.05 Å². The molecule has 0 unspecified atom stereocenters. The van der Waals surface area contributed by atoms with Crippen LogP contribution in [0.2, 0.25) is 0 Å². The molecular formula is C26H30FN3O3. The number of aromatic nitrogens is 2. The molecule has 174 valence electrons. The Kier molecular flexibility index (Phi) is 7.52. The second-order valence-corrected chi connectivity index (χ2v) is 8.54. The third kappa shape index (κ3) is 5.67. The van der Waals surface area contributed by atoms with Crippen LogP contribution in [0.4, 0.5) is 4.39 Å². The minimum Gasteiger partial charge on any atom is -0.396 e. The Morgan fingerprint density at radius 1 is 1.18 bits per heavy atom. The number of imidazole rings is 1. The van der Waals surface area contributed by atoms with Gasteiger partial charge in [0.15, 0.2) is 0 Å². The van der Waals surface area contributed by atoms with Crippen molar-refractivity contribution in [2.45, 2.75) is 38.3 Å². The summed E-state index contributed by atoms with van der Waals surface area (Å²) in [5, 5.41) is 9.02. The summed E-state index contributed by atoms with van der Waals surface area (Å²) in [5.74, 6) is -0.419. The van der Waals surface area contributed by atoms with Crippen LogP contribution >= 0.6 is 0 Å². The van der Waals surface area contributed by atoms with Crippen LogP contribution in [-0.4, -0.2) is 51.3 Å². The predicted octanol–water partition coefficient (Wildman–Crippen LogP) is 3.97. The van der Waals surface area contributed by atoms with Crippen LogP contribution in [0.3, 0.4) is 0 Å². The van der Waals surface area contributed by atoms with Crippen molar-refractivity contribution in [1.82, 2.24) is 14.5 Å². The van der Waals surface area contributed by atoms with Gasteiger partial charge >= 0.3 is 0 Å². The van der Waals surface area contributed by atoms with Crippen molar-refractivity contribution >= 4 is 5.91 Å². The summed E-state index contributed by atoms with van der Waals surface area (Å²) in [6, 6.07) is 12.8. The predicted molar refractivity (Wildman–Crippen MR) is 124 cm³/mol. The maximum absolute atomic E-state index is 14.7. The van der Waals surface area contributed by atoms with Crippen molar-refractivity contribution in [3.8, 4) is 11.1 Å². The highest BCUT2D eigenvalue weighted by Gasteiger charge is 2.28. The van der Waals surface area contributed by atoms with E-state index in [0.717, 1.165) is 36.0 Å². The molecule has 1 aromatic heterocycles. The van der Waals surface area contributed by atoms with Gasteiger partial charge in [0.25, 0.3) is 5.91 Å². The first-order valence-corrected chi connectivity index (χ1v) is 11.4. The minimum atomic E-state index is -0.296. The van der Waals surface area contributed by atoms with E-state index in [4.69, 9.17) is 9.84 Å². The van der Waals surface area contributed by atoms with E-state index in [0.29, 0.717) is 37.4 Å². The molecule has 3 aromatic rings. The number of benzene rings is 2. The Balaban J connectivity index is 1.59. The topological polar surface area (TPSA) is 67.6 Å². The summed E-state index contributed by atoms with van der Waals surface area (Å²) >= 11 is 0. The van der Waals surface area contributed by atoms with Gasteiger partial charge in [-0.1, -0.05) is 30.3 Å². The van der Waals surface area contributed by atoms with E-state index < -0.39 is 0 Å². The van der Waals surface area contributed by atoms with E-state index in [1.807, 2.05) is 42.3 Å². The largest absolute Gasteiger partial charge is 0.396 e. The molecule has 1 amide bonds. The molecule has 4 rings (SSSR count). The molecule has 2 aromatic carbocycles. The van der Waals surface area contributed by atoms with E-state index in [9.17, 15) is 9.18 Å². The number of aliphatic hydroxyl groups excluding tert-OH is 1. The number of amides is 1. The smallest absolute Gasteiger partial charge is 0.274 e. The molecule has 1 saturated heterocycles. The van der Waals surface area contributed by atoms with Gasteiger partial charge in [0, 0.05) is 51.2 Å². The first-order valence-electron chi connectivity index (χ1n) is 11.4. The maximum Gasteiger partial charge on any atom is 0.274 e. The summed E-state index contributed by atoms with van der Waals surface area (Å²) < 4.78 is 22.0. The number of aliphatic hydroxyl groups is 1. The summed E-state index contributed by atoms with van der Waals surface area (Å²) in [6.45, 7) is 1.77. The van der Waals surface area contributed by atoms with E-state index in [1.54, 1.807) is 23.2 Å². The van der Waals surface area contributed by atoms with Gasteiger partial charge in [-0.05, 0) is 54.5 Å². The number of nitrogens with zero attached hydrogens (tertiary/aromatic N) is 3. The molecule has 1 aliphatic rings. The second-order valence-electron chi connectivity index (χ2n) is 8.54. The minimum absolute atomic E-state index is 0.0487. The molecule has 0 radical (unpaired) electrons. The van der Waals surface area contributed by atoms with E-state index >= 15 is 0 Å². The first-order chi connectivity index (χ1) is 16.0. The molecule has 0 spiro atoms. The SMILES string of the molecule is Cn1cnc(C(=O)N(Cc2ccc(F)c(-c3ccc(CCCO)cc3)c2)C2CCOCC2)c1. The van der Waals surface area contributed by atoms with E-state index in [1.165, 1.54) is 6.07 Å². The fourth-order valence-electron chi connectivity index (χ4n) is 4.26. The Morgan fingerprint density at radius 3 is 2.58 bits per heavy atom. The molecule has 1 N–H and O–H groups in total. The highest BCUT2D eigenvalue weighted by molar-refractivity contribution is 5.92. The van der Waals surface area contributed by atoms with Gasteiger partial charge in [-0.25, -0.2) is 9.37 Å². The Labute approximate surface area is 193 Å². The molecule has 6 nitrogen and oxygen atoms in total. The number of ether oxygens (including phenoxy) is 1. The second kappa shape index (κ2) is 10.7. The molecule has 0 saturated carbocycles. The van der Waals surface area contributed by atoms with Crippen molar-refractivity contribution in [3.05, 3.63) is 77.6 Å². The zero-order valence-electron chi connectivity index (χ0n) is 18.9. The maximum atomic E-state index is 14.7. The van der Waals surface area contributed by atoms with E-state index in [-0.39, 0.29) is 24.4 Å². The first kappa shape index (κ1) is 23.1. The van der Waals surface area contributed by atoms with Crippen LogP contribution in [-0.2, 0) is 24.8 Å². The highest BCUT2D eigenvalue weighted by atomic mass is 19.1. The van der Waals surface area contributed by atoms with E-state index in [2.05, 4.69) is 4.98 Å². The number of halogens is 1. The van der Waals surface area contributed by atoms with Crippen LogP contribution in [0.1, 0.15) is 40.9 Å². The van der Waals surface area contributed by atoms with Gasteiger partial charge in [-0.2, -0.15) is 0 Å². The number of aryl methyl sites for hydroxylation is 2. The van der Waals surface area contributed by atoms with Gasteiger partial charge < -0.3 is 19.3 Å². The van der Waals surface area contributed by atoms with Crippen LogP contribution in [0.15, 0.2) is 55.0 Å². The van der Waals surface area contributed by atoms with Crippen LogP contribution in [0.5, 0.6) is 0 Å². The van der Waals surface area contributed by atoms with Gasteiger partial charge in [0.2, 0.25) is 0 Å². The molecule has 33 heavy (non-hydrogen) atoms. The number of hydrogen-bond donors (Lipinski definition) is 1. The summed E-state index contributed by atoms with van der Waals surface area (Å²) in [5.41, 5.74) is 3.68. The average molecular weight is 452 g/mol. The fourth-order valence-corrected chi connectivity index (χ4v) is 4.26. The molecular weight excluding hydrogens is 421 g/mol. The van der Waals surface area contributed by atoms with Crippen LogP contribution in [0.25, 0.3) is 11.1 Å². The summed E-state index contributed by atoms with van der Waals surface area (Å²) in [6.07, 6.45) is 6.37. The average Bonchev–Trinajstić information content (AvgIpc) is 3.29. The lowest BCUT2D eigenvalue weighted by atomic mass is 9.99. The number of rotatable bonds is 8. The summed E-state index contributed by atoms with van der Waals surface area (Å²) in [4.78, 5) is 19.4. The lowest BCUT2D eigenvalue weighted by molar-refractivity contribution is 0.0264. The Bertz CT molecular complexity index is 1070. The molecule has 7 heteroatoms. The quantitative estimate of drug-likeness (QED) is 0.563.